The van der Waals surface area contributed by atoms with Gasteiger partial charge in [0.25, 0.3) is 0 Å². The van der Waals surface area contributed by atoms with E-state index in [-0.39, 0.29) is 23.4 Å². The molecule has 0 saturated heterocycles. The van der Waals surface area contributed by atoms with Crippen LogP contribution in [0.5, 0.6) is 0 Å². The zero-order chi connectivity index (χ0) is 19.7. The lowest BCUT2D eigenvalue weighted by Gasteiger charge is -2.42. The number of hydrogen-bond donors (Lipinski definition) is 0. The molecule has 146 valence electrons. The summed E-state index contributed by atoms with van der Waals surface area (Å²) < 4.78 is 6.15. The van der Waals surface area contributed by atoms with Crippen LogP contribution in [0.1, 0.15) is 68.2 Å². The van der Waals surface area contributed by atoms with Crippen LogP contribution in [0.2, 0.25) is 0 Å². The number of hydrogen-bond acceptors (Lipinski definition) is 2. The summed E-state index contributed by atoms with van der Waals surface area (Å²) in [6, 6.07) is 0. The maximum atomic E-state index is 12.8. The number of ether oxygens (including phenoxy) is 1. The maximum absolute atomic E-state index is 12.8. The van der Waals surface area contributed by atoms with Crippen molar-refractivity contribution in [2.45, 2.75) is 74.3 Å². The van der Waals surface area contributed by atoms with Gasteiger partial charge in [-0.05, 0) is 55.4 Å². The molecular weight excluding hydrogens is 320 g/mol. The molecule has 2 rings (SSSR count). The second-order valence-corrected chi connectivity index (χ2v) is 10.1. The zero-order valence-electron chi connectivity index (χ0n) is 18.0. The monoisotopic (exact) mass is 358 g/mol. The summed E-state index contributed by atoms with van der Waals surface area (Å²) in [5.74, 6) is 1.47. The molecule has 26 heavy (non-hydrogen) atoms. The van der Waals surface area contributed by atoms with Crippen LogP contribution >= 0.6 is 0 Å². The molecule has 0 fully saturated rings. The molecule has 0 aromatic rings. The van der Waals surface area contributed by atoms with E-state index in [1.54, 1.807) is 0 Å². The van der Waals surface area contributed by atoms with E-state index in [4.69, 9.17) is 4.74 Å². The summed E-state index contributed by atoms with van der Waals surface area (Å²) >= 11 is 0. The van der Waals surface area contributed by atoms with Crippen molar-refractivity contribution in [3.05, 3.63) is 36.0 Å². The fourth-order valence-electron chi connectivity index (χ4n) is 3.85. The molecule has 2 heteroatoms. The Morgan fingerprint density at radius 1 is 1.23 bits per heavy atom. The highest BCUT2D eigenvalue weighted by molar-refractivity contribution is 5.76. The van der Waals surface area contributed by atoms with Gasteiger partial charge in [0.2, 0.25) is 0 Å². The third-order valence-electron chi connectivity index (χ3n) is 5.99. The normalized spacial score (nSPS) is 32.3. The van der Waals surface area contributed by atoms with Crippen molar-refractivity contribution in [3.8, 4) is 0 Å². The maximum Gasteiger partial charge on any atom is 0.311 e. The molecule has 5 atom stereocenters. The van der Waals surface area contributed by atoms with E-state index in [1.807, 2.05) is 13.8 Å². The summed E-state index contributed by atoms with van der Waals surface area (Å²) in [6.45, 7) is 17.2. The van der Waals surface area contributed by atoms with E-state index in [1.165, 1.54) is 5.57 Å². The summed E-state index contributed by atoms with van der Waals surface area (Å²) in [6.07, 6.45) is 13.3. The minimum atomic E-state index is -0.419. The van der Waals surface area contributed by atoms with Crippen LogP contribution in [-0.4, -0.2) is 12.1 Å². The molecule has 0 amide bonds. The Morgan fingerprint density at radius 2 is 1.88 bits per heavy atom. The van der Waals surface area contributed by atoms with Crippen molar-refractivity contribution < 1.29 is 9.53 Å². The molecule has 0 aromatic carbocycles. The lowest BCUT2D eigenvalue weighted by Crippen LogP contribution is -2.42. The Labute approximate surface area is 160 Å². The molecule has 0 aromatic heterocycles. The fraction of sp³-hybridized carbons (Fsp3) is 0.708. The van der Waals surface area contributed by atoms with E-state index in [0.29, 0.717) is 17.8 Å². The van der Waals surface area contributed by atoms with Crippen molar-refractivity contribution in [1.82, 2.24) is 0 Å². The van der Waals surface area contributed by atoms with Gasteiger partial charge in [-0.15, -0.1) is 0 Å². The standard InChI is InChI=1S/C24H38O2/c1-9-24(7,8)22(25)26-20-15-16(2)14-18-11-10-17(3)19(21(18)20)12-13-23(4,5)6/h10-14,16-17,19-21H,9,15H2,1-8H3/b13-12+/t16?,17-,19-,20-,21-/m0/s1. The Balaban J connectivity index is 2.34. The second kappa shape index (κ2) is 7.74. The largest absolute Gasteiger partial charge is 0.461 e. The molecule has 0 aliphatic heterocycles. The minimum Gasteiger partial charge on any atom is -0.461 e. The quantitative estimate of drug-likeness (QED) is 0.433. The predicted octanol–water partition coefficient (Wildman–Crippen LogP) is 6.34. The van der Waals surface area contributed by atoms with Crippen molar-refractivity contribution in [3.63, 3.8) is 0 Å². The van der Waals surface area contributed by atoms with E-state index < -0.39 is 5.41 Å². The number of rotatable bonds is 4. The lowest BCUT2D eigenvalue weighted by atomic mass is 9.66. The fourth-order valence-corrected chi connectivity index (χ4v) is 3.85. The van der Waals surface area contributed by atoms with Crippen LogP contribution in [-0.2, 0) is 9.53 Å². The van der Waals surface area contributed by atoms with Crippen LogP contribution in [0.25, 0.3) is 0 Å². The average Bonchev–Trinajstić information content (AvgIpc) is 2.53. The van der Waals surface area contributed by atoms with Crippen molar-refractivity contribution in [1.29, 1.82) is 0 Å². The SMILES string of the molecule is CCC(C)(C)C(=O)O[C@H]1CC(C)C=C2C=C[C@H](C)[C@H](/C=C/C(C)(C)C)[C@H]21. The third-order valence-corrected chi connectivity index (χ3v) is 5.99. The Hall–Kier alpha value is -1.31. The molecule has 0 N–H and O–H groups in total. The third kappa shape index (κ3) is 4.90. The first-order valence-electron chi connectivity index (χ1n) is 10.2. The van der Waals surface area contributed by atoms with E-state index in [9.17, 15) is 4.79 Å². The van der Waals surface area contributed by atoms with Gasteiger partial charge in [0.05, 0.1) is 5.41 Å². The first kappa shape index (κ1) is 21.0. The Bertz CT molecular complexity index is 600. The van der Waals surface area contributed by atoms with Crippen molar-refractivity contribution in [2.24, 2.45) is 34.5 Å². The highest BCUT2D eigenvalue weighted by Crippen LogP contribution is 2.44. The number of fused-ring (bicyclic) bond motifs is 1. The number of carbonyl (C=O) groups excluding carboxylic acids is 1. The number of carbonyl (C=O) groups is 1. The van der Waals surface area contributed by atoms with Gasteiger partial charge in [0.1, 0.15) is 6.10 Å². The van der Waals surface area contributed by atoms with Crippen LogP contribution < -0.4 is 0 Å². The molecule has 1 unspecified atom stereocenters. The van der Waals surface area contributed by atoms with Crippen LogP contribution in [0.4, 0.5) is 0 Å². The topological polar surface area (TPSA) is 26.3 Å². The minimum absolute atomic E-state index is 0.0367. The molecule has 2 aliphatic rings. The smallest absolute Gasteiger partial charge is 0.311 e. The summed E-state index contributed by atoms with van der Waals surface area (Å²) in [5, 5.41) is 0. The summed E-state index contributed by atoms with van der Waals surface area (Å²) in [7, 11) is 0. The van der Waals surface area contributed by atoms with Gasteiger partial charge in [0.15, 0.2) is 0 Å². The predicted molar refractivity (Wildman–Crippen MR) is 110 cm³/mol. The highest BCUT2D eigenvalue weighted by atomic mass is 16.5. The summed E-state index contributed by atoms with van der Waals surface area (Å²) in [5.41, 5.74) is 1.08. The molecule has 2 aliphatic carbocycles. The molecule has 0 radical (unpaired) electrons. The van der Waals surface area contributed by atoms with E-state index in [0.717, 1.165) is 12.8 Å². The zero-order valence-corrected chi connectivity index (χ0v) is 18.0. The van der Waals surface area contributed by atoms with Crippen molar-refractivity contribution in [2.75, 3.05) is 0 Å². The molecule has 0 bridgehead atoms. The van der Waals surface area contributed by atoms with Crippen LogP contribution in [0.15, 0.2) is 36.0 Å². The van der Waals surface area contributed by atoms with Crippen molar-refractivity contribution >= 4 is 5.97 Å². The van der Waals surface area contributed by atoms with Gasteiger partial charge >= 0.3 is 5.97 Å². The first-order chi connectivity index (χ1) is 11.9. The van der Waals surface area contributed by atoms with Gasteiger partial charge < -0.3 is 4.74 Å². The Morgan fingerprint density at radius 3 is 2.46 bits per heavy atom. The highest BCUT2D eigenvalue weighted by Gasteiger charge is 2.42. The molecule has 0 spiro atoms. The number of esters is 1. The second-order valence-electron chi connectivity index (χ2n) is 10.1. The van der Waals surface area contributed by atoms with Gasteiger partial charge in [0, 0.05) is 5.92 Å². The van der Waals surface area contributed by atoms with Crippen LogP contribution in [0.3, 0.4) is 0 Å². The molecular formula is C24H38O2. The summed E-state index contributed by atoms with van der Waals surface area (Å²) in [4.78, 5) is 12.8. The molecule has 0 heterocycles. The Kier molecular flexibility index (Phi) is 6.25. The van der Waals surface area contributed by atoms with Gasteiger partial charge in [-0.1, -0.05) is 71.9 Å². The average molecular weight is 359 g/mol. The first-order valence-corrected chi connectivity index (χ1v) is 10.2. The number of allylic oxidation sites excluding steroid dienone is 5. The molecule has 0 saturated carbocycles. The van der Waals surface area contributed by atoms with Crippen LogP contribution in [0, 0.1) is 34.5 Å². The van der Waals surface area contributed by atoms with Gasteiger partial charge in [-0.2, -0.15) is 0 Å². The van der Waals surface area contributed by atoms with E-state index >= 15 is 0 Å². The van der Waals surface area contributed by atoms with Gasteiger partial charge in [-0.25, -0.2) is 0 Å². The van der Waals surface area contributed by atoms with E-state index in [2.05, 4.69) is 71.9 Å². The molecule has 2 nitrogen and oxygen atoms in total. The van der Waals surface area contributed by atoms with Gasteiger partial charge in [-0.3, -0.25) is 4.79 Å². The lowest BCUT2D eigenvalue weighted by molar-refractivity contribution is -0.164.